The van der Waals surface area contributed by atoms with Crippen LogP contribution in [0.4, 0.5) is 17.1 Å². The summed E-state index contributed by atoms with van der Waals surface area (Å²) in [6, 6.07) is 50.8. The summed E-state index contributed by atoms with van der Waals surface area (Å²) in [6.45, 7) is 9.34. The third kappa shape index (κ3) is 4.28. The normalized spacial score (nSPS) is 18.8. The molecule has 2 aliphatic carbocycles. The molecular weight excluding hydrogens is 638 g/mol. The van der Waals surface area contributed by atoms with Crippen molar-refractivity contribution >= 4 is 33.0 Å². The van der Waals surface area contributed by atoms with E-state index >= 15 is 0 Å². The maximum Gasteiger partial charge on any atom is 0.115 e. The molecular formula is C44H34BrNO. The van der Waals surface area contributed by atoms with E-state index in [2.05, 4.69) is 170 Å². The van der Waals surface area contributed by atoms with Crippen LogP contribution >= 0.6 is 15.9 Å². The quantitative estimate of drug-likeness (QED) is 0.169. The lowest BCUT2D eigenvalue weighted by Crippen LogP contribution is -2.18. The first-order valence-corrected chi connectivity index (χ1v) is 17.1. The van der Waals surface area contributed by atoms with Gasteiger partial charge in [0.05, 0.1) is 0 Å². The highest BCUT2D eigenvalue weighted by Gasteiger charge is 2.43. The van der Waals surface area contributed by atoms with Gasteiger partial charge in [-0.05, 0) is 105 Å². The van der Waals surface area contributed by atoms with E-state index in [9.17, 15) is 0 Å². The summed E-state index contributed by atoms with van der Waals surface area (Å²) in [7, 11) is 0. The Hall–Kier alpha value is -4.62. The highest BCUT2D eigenvalue weighted by Crippen LogP contribution is 2.55. The minimum absolute atomic E-state index is 0.0178. The van der Waals surface area contributed by atoms with Crippen molar-refractivity contribution in [1.82, 2.24) is 0 Å². The van der Waals surface area contributed by atoms with Crippen molar-refractivity contribution in [3.8, 4) is 22.3 Å². The zero-order chi connectivity index (χ0) is 32.1. The molecule has 3 aliphatic rings. The Bertz CT molecular complexity index is 2120. The largest absolute Gasteiger partial charge is 0.359 e. The summed E-state index contributed by atoms with van der Waals surface area (Å²) < 4.78 is 7.40. The van der Waals surface area contributed by atoms with E-state index < -0.39 is 0 Å². The van der Waals surface area contributed by atoms with Gasteiger partial charge in [-0.25, -0.2) is 0 Å². The fourth-order valence-corrected chi connectivity index (χ4v) is 8.61. The number of ether oxygens (including phenoxy) is 1. The van der Waals surface area contributed by atoms with Gasteiger partial charge >= 0.3 is 0 Å². The lowest BCUT2D eigenvalue weighted by molar-refractivity contribution is 0.377. The number of nitrogens with zero attached hydrogens (tertiary/aromatic N) is 1. The Morgan fingerprint density at radius 1 is 0.596 bits per heavy atom. The summed E-state index contributed by atoms with van der Waals surface area (Å²) in [5.74, 6) is 0. The first-order valence-electron chi connectivity index (χ1n) is 16.4. The Balaban J connectivity index is 1.19. The summed E-state index contributed by atoms with van der Waals surface area (Å²) in [4.78, 5) is 2.42. The van der Waals surface area contributed by atoms with Gasteiger partial charge in [0.25, 0.3) is 0 Å². The van der Waals surface area contributed by atoms with E-state index in [0.29, 0.717) is 0 Å². The fourth-order valence-electron chi connectivity index (χ4n) is 8.10. The molecule has 0 N–H and O–H groups in total. The van der Waals surface area contributed by atoms with Gasteiger partial charge in [0, 0.05) is 37.9 Å². The maximum atomic E-state index is 6.31. The Morgan fingerprint density at radius 2 is 1.26 bits per heavy atom. The molecule has 47 heavy (non-hydrogen) atoms. The molecule has 0 radical (unpaired) electrons. The number of anilines is 3. The van der Waals surface area contributed by atoms with Crippen LogP contribution in [0.3, 0.4) is 0 Å². The van der Waals surface area contributed by atoms with Crippen LogP contribution in [0, 0.1) is 12.1 Å². The monoisotopic (exact) mass is 671 g/mol. The molecule has 2 unspecified atom stereocenters. The third-order valence-electron chi connectivity index (χ3n) is 10.7. The standard InChI is InChI=1S/C44H34BrNO/c1-43(2)36-17-8-5-14-31(36)33-22-20-29(25-38(33)43)46(30-21-23-34-32-15-6-9-18-37(32)44(3,4)39(34)26-30)28-13-11-12-27(24-28)41-42(47-41)35-16-7-10-19-40(35)45/h5,7-14,16-26,41-42H,1-4H3. The predicted octanol–water partition coefficient (Wildman–Crippen LogP) is 11.9. The van der Waals surface area contributed by atoms with Gasteiger partial charge in [-0.3, -0.25) is 0 Å². The van der Waals surface area contributed by atoms with Gasteiger partial charge in [-0.15, -0.1) is 0 Å². The first-order chi connectivity index (χ1) is 22.7. The van der Waals surface area contributed by atoms with Crippen LogP contribution < -0.4 is 4.90 Å². The molecule has 1 aliphatic heterocycles. The molecule has 1 fully saturated rings. The molecule has 0 spiro atoms. The molecule has 0 amide bonds. The van der Waals surface area contributed by atoms with Crippen LogP contribution in [0.5, 0.6) is 0 Å². The maximum absolute atomic E-state index is 6.31. The van der Waals surface area contributed by atoms with Crippen LogP contribution in [0.25, 0.3) is 22.3 Å². The van der Waals surface area contributed by atoms with Gasteiger partial charge in [-0.2, -0.15) is 0 Å². The van der Waals surface area contributed by atoms with E-state index in [4.69, 9.17) is 4.74 Å². The molecule has 6 aromatic carbocycles. The van der Waals surface area contributed by atoms with Crippen molar-refractivity contribution in [3.05, 3.63) is 171 Å². The molecule has 2 atom stereocenters. The third-order valence-corrected chi connectivity index (χ3v) is 11.4. The molecule has 0 bridgehead atoms. The van der Waals surface area contributed by atoms with Crippen LogP contribution in [0.2, 0.25) is 0 Å². The van der Waals surface area contributed by atoms with Crippen molar-refractivity contribution in [1.29, 1.82) is 0 Å². The van der Waals surface area contributed by atoms with Crippen molar-refractivity contribution < 1.29 is 4.74 Å². The van der Waals surface area contributed by atoms with E-state index in [0.717, 1.165) is 27.1 Å². The average molecular weight is 673 g/mol. The molecule has 6 aromatic rings. The first kappa shape index (κ1) is 28.6. The van der Waals surface area contributed by atoms with Crippen LogP contribution in [0.1, 0.15) is 73.3 Å². The molecule has 0 aromatic heterocycles. The highest BCUT2D eigenvalue weighted by atomic mass is 79.9. The number of rotatable bonds is 5. The number of benzene rings is 5. The summed E-state index contributed by atoms with van der Waals surface area (Å²) >= 11 is 3.73. The number of hydrogen-bond donors (Lipinski definition) is 0. The minimum Gasteiger partial charge on any atom is -0.359 e. The van der Waals surface area contributed by atoms with Gasteiger partial charge in [-0.1, -0.05) is 122 Å². The zero-order valence-corrected chi connectivity index (χ0v) is 28.5. The summed E-state index contributed by atoms with van der Waals surface area (Å²) in [6.07, 6.45) is 0.0603. The van der Waals surface area contributed by atoms with Crippen molar-refractivity contribution in [2.75, 3.05) is 4.90 Å². The molecule has 1 heterocycles. The van der Waals surface area contributed by atoms with Gasteiger partial charge in [0.2, 0.25) is 0 Å². The molecule has 1 saturated heterocycles. The van der Waals surface area contributed by atoms with Gasteiger partial charge < -0.3 is 9.64 Å². The van der Waals surface area contributed by atoms with Crippen molar-refractivity contribution in [2.24, 2.45) is 0 Å². The number of halogens is 1. The topological polar surface area (TPSA) is 15.8 Å². The summed E-state index contributed by atoms with van der Waals surface area (Å²) in [5, 5.41) is 0. The second-order valence-electron chi connectivity index (χ2n) is 14.1. The number of epoxide rings is 1. The lowest BCUT2D eigenvalue weighted by Gasteiger charge is -2.30. The van der Waals surface area contributed by atoms with E-state index in [-0.39, 0.29) is 23.0 Å². The average Bonchev–Trinajstić information content (AvgIpc) is 3.81. The molecule has 2 nitrogen and oxygen atoms in total. The van der Waals surface area contributed by atoms with E-state index in [1.54, 1.807) is 0 Å². The number of fused-ring (bicyclic) bond motifs is 6. The fraction of sp³-hybridized carbons (Fsp3) is 0.182. The summed E-state index contributed by atoms with van der Waals surface area (Å²) in [5.41, 5.74) is 16.0. The molecule has 9 rings (SSSR count). The molecule has 228 valence electrons. The van der Waals surface area contributed by atoms with Crippen LogP contribution in [-0.4, -0.2) is 0 Å². The number of hydrogen-bond acceptors (Lipinski definition) is 2. The molecule has 0 saturated carbocycles. The Kier molecular flexibility index (Phi) is 6.20. The van der Waals surface area contributed by atoms with E-state index in [1.165, 1.54) is 50.1 Å². The van der Waals surface area contributed by atoms with Gasteiger partial charge in [0.15, 0.2) is 0 Å². The zero-order valence-electron chi connectivity index (χ0n) is 26.9. The minimum atomic E-state index is -0.139. The van der Waals surface area contributed by atoms with Crippen molar-refractivity contribution in [2.45, 2.75) is 50.7 Å². The Labute approximate surface area is 285 Å². The lowest BCUT2D eigenvalue weighted by atomic mass is 9.82. The highest BCUT2D eigenvalue weighted by molar-refractivity contribution is 9.10. The van der Waals surface area contributed by atoms with Gasteiger partial charge in [0.1, 0.15) is 12.2 Å². The SMILES string of the molecule is CC1(C)c2ccc#cc2-c2ccc(N(c3cccc(C4OC4c4ccccc4Br)c3)c3ccc4c(c3)C(C)(C)c3ccccc3-4)cc21. The van der Waals surface area contributed by atoms with Crippen molar-refractivity contribution in [3.63, 3.8) is 0 Å². The Morgan fingerprint density at radius 3 is 2.06 bits per heavy atom. The second-order valence-corrected chi connectivity index (χ2v) is 14.9. The predicted molar refractivity (Wildman–Crippen MR) is 195 cm³/mol. The van der Waals surface area contributed by atoms with Crippen LogP contribution in [0.15, 0.2) is 126 Å². The van der Waals surface area contributed by atoms with E-state index in [1.807, 2.05) is 12.1 Å². The molecule has 3 heteroatoms. The second kappa shape index (κ2) is 10.2. The van der Waals surface area contributed by atoms with Crippen LogP contribution in [-0.2, 0) is 15.6 Å². The smallest absolute Gasteiger partial charge is 0.115 e.